The van der Waals surface area contributed by atoms with Crippen molar-refractivity contribution in [2.45, 2.75) is 18.6 Å². The lowest BCUT2D eigenvalue weighted by molar-refractivity contribution is 0.0183. The van der Waals surface area contributed by atoms with E-state index in [0.717, 1.165) is 12.1 Å². The number of phenols is 5. The SMILES string of the molecule is Oc1cc(O)c2c(c1)O[C@H](c1ccc(O)c(O)c1O)[C@@H](O)C2. The molecule has 0 aliphatic carbocycles. The van der Waals surface area contributed by atoms with Gasteiger partial charge in [-0.05, 0) is 12.1 Å². The predicted molar refractivity (Wildman–Crippen MR) is 74.3 cm³/mol. The van der Waals surface area contributed by atoms with Gasteiger partial charge in [-0.1, -0.05) is 0 Å². The summed E-state index contributed by atoms with van der Waals surface area (Å²) in [6.07, 6.45) is -2.09. The smallest absolute Gasteiger partial charge is 0.200 e. The van der Waals surface area contributed by atoms with Crippen molar-refractivity contribution in [2.24, 2.45) is 0 Å². The number of fused-ring (bicyclic) bond motifs is 1. The summed E-state index contributed by atoms with van der Waals surface area (Å²) in [6.45, 7) is 0. The highest BCUT2D eigenvalue weighted by Gasteiger charge is 2.34. The molecule has 116 valence electrons. The number of benzene rings is 2. The largest absolute Gasteiger partial charge is 0.508 e. The van der Waals surface area contributed by atoms with Crippen molar-refractivity contribution in [1.29, 1.82) is 0 Å². The number of phenolic OH excluding ortho intramolecular Hbond substituents is 5. The van der Waals surface area contributed by atoms with Crippen LogP contribution in [0.4, 0.5) is 0 Å². The van der Waals surface area contributed by atoms with Crippen LogP contribution in [0.25, 0.3) is 0 Å². The molecule has 2 atom stereocenters. The third kappa shape index (κ3) is 2.11. The van der Waals surface area contributed by atoms with Gasteiger partial charge in [0.15, 0.2) is 17.6 Å². The van der Waals surface area contributed by atoms with E-state index in [-0.39, 0.29) is 29.2 Å². The molecule has 0 amide bonds. The molecule has 0 saturated carbocycles. The molecule has 2 aromatic carbocycles. The summed E-state index contributed by atoms with van der Waals surface area (Å²) < 4.78 is 5.54. The van der Waals surface area contributed by atoms with Crippen LogP contribution in [-0.4, -0.2) is 36.7 Å². The fourth-order valence-electron chi connectivity index (χ4n) is 2.54. The highest BCUT2D eigenvalue weighted by molar-refractivity contribution is 5.56. The predicted octanol–water partition coefficient (Wildman–Crippen LogP) is 1.25. The van der Waals surface area contributed by atoms with Gasteiger partial charge in [0.25, 0.3) is 0 Å². The van der Waals surface area contributed by atoms with Crippen LogP contribution in [0.1, 0.15) is 17.2 Å². The molecule has 3 rings (SSSR count). The van der Waals surface area contributed by atoms with Gasteiger partial charge in [0.1, 0.15) is 17.2 Å². The van der Waals surface area contributed by atoms with E-state index in [1.807, 2.05) is 0 Å². The minimum absolute atomic E-state index is 0.0349. The molecule has 1 aliphatic heterocycles. The molecule has 0 fully saturated rings. The van der Waals surface area contributed by atoms with Gasteiger partial charge in [-0.3, -0.25) is 0 Å². The summed E-state index contributed by atoms with van der Waals surface area (Å²) in [4.78, 5) is 0. The minimum atomic E-state index is -1.10. The summed E-state index contributed by atoms with van der Waals surface area (Å²) in [5, 5.41) is 58.3. The van der Waals surface area contributed by atoms with Gasteiger partial charge >= 0.3 is 0 Å². The topological polar surface area (TPSA) is 131 Å². The molecule has 6 N–H and O–H groups in total. The Morgan fingerprint density at radius 1 is 0.909 bits per heavy atom. The summed E-state index contributed by atoms with van der Waals surface area (Å²) >= 11 is 0. The van der Waals surface area contributed by atoms with Crippen molar-refractivity contribution in [2.75, 3.05) is 0 Å². The molecular weight excluding hydrogens is 292 g/mol. The Hall–Kier alpha value is -2.80. The number of hydrogen-bond acceptors (Lipinski definition) is 7. The third-order valence-corrected chi connectivity index (χ3v) is 3.65. The third-order valence-electron chi connectivity index (χ3n) is 3.65. The van der Waals surface area contributed by atoms with Gasteiger partial charge in [0, 0.05) is 29.7 Å². The quantitative estimate of drug-likeness (QED) is 0.437. The number of aromatic hydroxyl groups is 5. The van der Waals surface area contributed by atoms with E-state index >= 15 is 0 Å². The fourth-order valence-corrected chi connectivity index (χ4v) is 2.54. The molecule has 2 aromatic rings. The average molecular weight is 306 g/mol. The van der Waals surface area contributed by atoms with Crippen molar-refractivity contribution in [3.8, 4) is 34.5 Å². The van der Waals surface area contributed by atoms with Gasteiger partial charge in [0.05, 0.1) is 6.10 Å². The molecule has 0 aromatic heterocycles. The Bertz CT molecular complexity index is 741. The van der Waals surface area contributed by atoms with Gasteiger partial charge in [-0.15, -0.1) is 0 Å². The monoisotopic (exact) mass is 306 g/mol. The standard InChI is InChI=1S/C15H14O7/c16-6-3-10(18)8-5-11(19)15(22-12(8)4-6)7-1-2-9(17)14(21)13(7)20/h1-4,11,15-21H,5H2/t11-,15+/m0/s1. The molecule has 7 nitrogen and oxygen atoms in total. The second-order valence-corrected chi connectivity index (χ2v) is 5.12. The van der Waals surface area contributed by atoms with Crippen LogP contribution < -0.4 is 4.74 Å². The fraction of sp³-hybridized carbons (Fsp3) is 0.200. The second kappa shape index (κ2) is 4.88. The van der Waals surface area contributed by atoms with E-state index in [4.69, 9.17) is 4.74 Å². The molecule has 0 unspecified atom stereocenters. The normalized spacial score (nSPS) is 20.2. The number of hydrogen-bond donors (Lipinski definition) is 6. The maximum absolute atomic E-state index is 10.2. The first kappa shape index (κ1) is 14.2. The Morgan fingerprint density at radius 3 is 2.36 bits per heavy atom. The van der Waals surface area contributed by atoms with Crippen LogP contribution in [0.15, 0.2) is 24.3 Å². The summed E-state index contributed by atoms with van der Waals surface area (Å²) in [6, 6.07) is 4.90. The van der Waals surface area contributed by atoms with E-state index < -0.39 is 29.5 Å². The van der Waals surface area contributed by atoms with E-state index in [2.05, 4.69) is 0 Å². The first-order valence-corrected chi connectivity index (χ1v) is 6.52. The van der Waals surface area contributed by atoms with Gasteiger partial charge in [-0.2, -0.15) is 0 Å². The Kier molecular flexibility index (Phi) is 3.14. The molecule has 1 aliphatic rings. The summed E-state index contributed by atoms with van der Waals surface area (Å²) in [5.41, 5.74) is 0.417. The van der Waals surface area contributed by atoms with Crippen LogP contribution >= 0.6 is 0 Å². The van der Waals surface area contributed by atoms with Crippen molar-refractivity contribution in [3.63, 3.8) is 0 Å². The van der Waals surface area contributed by atoms with E-state index in [1.165, 1.54) is 12.1 Å². The minimum Gasteiger partial charge on any atom is -0.508 e. The van der Waals surface area contributed by atoms with E-state index in [0.29, 0.717) is 5.56 Å². The zero-order chi connectivity index (χ0) is 16.0. The van der Waals surface area contributed by atoms with Gasteiger partial charge < -0.3 is 35.4 Å². The molecule has 0 bridgehead atoms. The molecule has 0 radical (unpaired) electrons. The average Bonchev–Trinajstić information content (AvgIpc) is 2.46. The van der Waals surface area contributed by atoms with Gasteiger partial charge in [0.2, 0.25) is 5.75 Å². The van der Waals surface area contributed by atoms with Crippen molar-refractivity contribution < 1.29 is 35.4 Å². The van der Waals surface area contributed by atoms with Crippen LogP contribution in [0.2, 0.25) is 0 Å². The molecule has 1 heterocycles. The number of aliphatic hydroxyl groups excluding tert-OH is 1. The molecule has 0 spiro atoms. The molecular formula is C15H14O7. The number of aliphatic hydroxyl groups is 1. The first-order chi connectivity index (χ1) is 10.4. The van der Waals surface area contributed by atoms with E-state index in [9.17, 15) is 30.6 Å². The zero-order valence-corrected chi connectivity index (χ0v) is 11.3. The van der Waals surface area contributed by atoms with Crippen LogP contribution in [0, 0.1) is 0 Å². The lowest BCUT2D eigenvalue weighted by Crippen LogP contribution is -2.30. The lowest BCUT2D eigenvalue weighted by Gasteiger charge is -2.31. The van der Waals surface area contributed by atoms with Gasteiger partial charge in [-0.25, -0.2) is 0 Å². The lowest BCUT2D eigenvalue weighted by atomic mass is 9.93. The Labute approximate surface area is 124 Å². The van der Waals surface area contributed by atoms with Crippen molar-refractivity contribution in [1.82, 2.24) is 0 Å². The summed E-state index contributed by atoms with van der Waals surface area (Å²) in [7, 11) is 0. The maximum atomic E-state index is 10.2. The zero-order valence-electron chi connectivity index (χ0n) is 11.3. The summed E-state index contributed by atoms with van der Waals surface area (Å²) in [5.74, 6) is -2.05. The van der Waals surface area contributed by atoms with Crippen molar-refractivity contribution >= 4 is 0 Å². The molecule has 0 saturated heterocycles. The molecule has 22 heavy (non-hydrogen) atoms. The second-order valence-electron chi connectivity index (χ2n) is 5.12. The van der Waals surface area contributed by atoms with Crippen molar-refractivity contribution in [3.05, 3.63) is 35.4 Å². The first-order valence-electron chi connectivity index (χ1n) is 6.52. The number of ether oxygens (including phenoxy) is 1. The Morgan fingerprint density at radius 2 is 1.64 bits per heavy atom. The van der Waals surface area contributed by atoms with Crippen LogP contribution in [0.3, 0.4) is 0 Å². The molecule has 7 heteroatoms. The van der Waals surface area contributed by atoms with E-state index in [1.54, 1.807) is 0 Å². The maximum Gasteiger partial charge on any atom is 0.200 e. The highest BCUT2D eigenvalue weighted by atomic mass is 16.5. The van der Waals surface area contributed by atoms with Crippen LogP contribution in [0.5, 0.6) is 34.5 Å². The van der Waals surface area contributed by atoms with Crippen LogP contribution in [-0.2, 0) is 6.42 Å². The highest BCUT2D eigenvalue weighted by Crippen LogP contribution is 2.46. The Balaban J connectivity index is 2.05. The number of rotatable bonds is 1.